The SMILES string of the molecule is Nc1ncc2c(=O)nc3n(c2n1)CCS3. The van der Waals surface area contributed by atoms with Crippen LogP contribution < -0.4 is 11.3 Å². The van der Waals surface area contributed by atoms with Crippen LogP contribution >= 0.6 is 11.8 Å². The molecule has 6 nitrogen and oxygen atoms in total. The maximum atomic E-state index is 11.6. The third kappa shape index (κ3) is 1.19. The molecule has 0 radical (unpaired) electrons. The average molecular weight is 221 g/mol. The van der Waals surface area contributed by atoms with Gasteiger partial charge in [0, 0.05) is 18.5 Å². The molecule has 3 heterocycles. The van der Waals surface area contributed by atoms with Gasteiger partial charge in [-0.25, -0.2) is 4.98 Å². The van der Waals surface area contributed by atoms with Crippen molar-refractivity contribution in [1.82, 2.24) is 19.5 Å². The van der Waals surface area contributed by atoms with E-state index >= 15 is 0 Å². The minimum atomic E-state index is -0.286. The lowest BCUT2D eigenvalue weighted by molar-refractivity contribution is 0.700. The third-order valence-electron chi connectivity index (χ3n) is 2.25. The number of hydrogen-bond acceptors (Lipinski definition) is 6. The summed E-state index contributed by atoms with van der Waals surface area (Å²) in [5, 5.41) is 1.14. The lowest BCUT2D eigenvalue weighted by Gasteiger charge is -2.05. The first-order valence-electron chi connectivity index (χ1n) is 4.41. The van der Waals surface area contributed by atoms with E-state index in [1.807, 2.05) is 4.57 Å². The number of nitrogens with zero attached hydrogens (tertiary/aromatic N) is 4. The van der Waals surface area contributed by atoms with E-state index in [0.29, 0.717) is 16.2 Å². The molecule has 76 valence electrons. The van der Waals surface area contributed by atoms with Gasteiger partial charge in [0.1, 0.15) is 5.39 Å². The van der Waals surface area contributed by atoms with Gasteiger partial charge in [0.15, 0.2) is 10.8 Å². The molecule has 0 aliphatic carbocycles. The molecule has 0 amide bonds. The minimum absolute atomic E-state index is 0.180. The van der Waals surface area contributed by atoms with Gasteiger partial charge in [-0.1, -0.05) is 11.8 Å². The van der Waals surface area contributed by atoms with Gasteiger partial charge in [0.05, 0.1) is 0 Å². The number of anilines is 1. The van der Waals surface area contributed by atoms with Crippen LogP contribution in [0.4, 0.5) is 5.95 Å². The van der Waals surface area contributed by atoms with E-state index in [0.717, 1.165) is 12.3 Å². The fourth-order valence-corrected chi connectivity index (χ4v) is 2.52. The molecule has 0 saturated carbocycles. The number of fused-ring (bicyclic) bond motifs is 3. The van der Waals surface area contributed by atoms with Crippen LogP contribution in [-0.2, 0) is 6.54 Å². The number of rotatable bonds is 0. The van der Waals surface area contributed by atoms with Crippen molar-refractivity contribution in [3.8, 4) is 0 Å². The summed E-state index contributed by atoms with van der Waals surface area (Å²) >= 11 is 1.55. The highest BCUT2D eigenvalue weighted by Crippen LogP contribution is 2.24. The first-order chi connectivity index (χ1) is 7.25. The molecule has 0 spiro atoms. The summed E-state index contributed by atoms with van der Waals surface area (Å²) in [6.45, 7) is 0.806. The first kappa shape index (κ1) is 8.66. The highest BCUT2D eigenvalue weighted by molar-refractivity contribution is 7.99. The quantitative estimate of drug-likeness (QED) is 0.624. The molecule has 0 bridgehead atoms. The number of nitrogens with two attached hydrogens (primary N) is 1. The van der Waals surface area contributed by atoms with Gasteiger partial charge in [-0.2, -0.15) is 9.97 Å². The molecule has 15 heavy (non-hydrogen) atoms. The van der Waals surface area contributed by atoms with Gasteiger partial charge < -0.3 is 10.3 Å². The number of thioether (sulfide) groups is 1. The maximum absolute atomic E-state index is 11.6. The standard InChI is InChI=1S/C8H7N5OS/c9-7-10-3-4-5(11-7)13-1-2-15-8(13)12-6(4)14/h3H,1-2H2,(H2,9,10,11). The van der Waals surface area contributed by atoms with Crippen molar-refractivity contribution in [2.24, 2.45) is 0 Å². The first-order valence-corrected chi connectivity index (χ1v) is 5.40. The second-order valence-corrected chi connectivity index (χ2v) is 4.23. The van der Waals surface area contributed by atoms with Gasteiger partial charge in [-0.05, 0) is 0 Å². The van der Waals surface area contributed by atoms with E-state index in [1.165, 1.54) is 6.20 Å². The fraction of sp³-hybridized carbons (Fsp3) is 0.250. The summed E-state index contributed by atoms with van der Waals surface area (Å²) in [6.07, 6.45) is 1.43. The van der Waals surface area contributed by atoms with Crippen LogP contribution in [0.5, 0.6) is 0 Å². The van der Waals surface area contributed by atoms with Gasteiger partial charge in [0.25, 0.3) is 5.56 Å². The van der Waals surface area contributed by atoms with Crippen molar-refractivity contribution in [1.29, 1.82) is 0 Å². The molecule has 3 rings (SSSR count). The van der Waals surface area contributed by atoms with E-state index in [2.05, 4.69) is 15.0 Å². The van der Waals surface area contributed by atoms with Crippen molar-refractivity contribution >= 4 is 28.7 Å². The van der Waals surface area contributed by atoms with E-state index < -0.39 is 0 Å². The summed E-state index contributed by atoms with van der Waals surface area (Å²) in [5.41, 5.74) is 5.80. The Morgan fingerprint density at radius 1 is 1.47 bits per heavy atom. The highest BCUT2D eigenvalue weighted by Gasteiger charge is 2.17. The van der Waals surface area contributed by atoms with Crippen LogP contribution in [0.15, 0.2) is 16.1 Å². The normalized spacial score (nSPS) is 14.4. The summed E-state index contributed by atoms with van der Waals surface area (Å²) in [5.74, 6) is 1.09. The van der Waals surface area contributed by atoms with Gasteiger partial charge in [0.2, 0.25) is 5.95 Å². The predicted molar refractivity (Wildman–Crippen MR) is 56.7 cm³/mol. The lowest BCUT2D eigenvalue weighted by atomic mass is 10.4. The van der Waals surface area contributed by atoms with Gasteiger partial charge >= 0.3 is 0 Å². The van der Waals surface area contributed by atoms with Crippen LogP contribution in [0.25, 0.3) is 11.0 Å². The van der Waals surface area contributed by atoms with Crippen molar-refractivity contribution in [3.63, 3.8) is 0 Å². The number of aryl methyl sites for hydroxylation is 1. The average Bonchev–Trinajstić information content (AvgIpc) is 2.65. The van der Waals surface area contributed by atoms with Crippen LogP contribution in [0, 0.1) is 0 Å². The molecular formula is C8H7N5OS. The minimum Gasteiger partial charge on any atom is -0.368 e. The predicted octanol–water partition coefficient (Wildman–Crippen LogP) is -0.126. The van der Waals surface area contributed by atoms with Crippen LogP contribution in [-0.4, -0.2) is 25.3 Å². The van der Waals surface area contributed by atoms with E-state index in [-0.39, 0.29) is 11.5 Å². The molecule has 0 saturated heterocycles. The smallest absolute Gasteiger partial charge is 0.284 e. The summed E-state index contributed by atoms with van der Waals surface area (Å²) in [7, 11) is 0. The van der Waals surface area contributed by atoms with Crippen LogP contribution in [0.2, 0.25) is 0 Å². The molecule has 1 aliphatic rings. The Morgan fingerprint density at radius 3 is 3.20 bits per heavy atom. The summed E-state index contributed by atoms with van der Waals surface area (Å²) in [6, 6.07) is 0. The fourth-order valence-electron chi connectivity index (χ4n) is 1.58. The molecule has 2 N–H and O–H groups in total. The Labute approximate surface area is 88.6 Å². The Bertz CT molecular complexity index is 608. The largest absolute Gasteiger partial charge is 0.368 e. The molecule has 0 unspecified atom stereocenters. The zero-order valence-electron chi connectivity index (χ0n) is 7.67. The number of nitrogen functional groups attached to an aromatic ring is 1. The van der Waals surface area contributed by atoms with E-state index in [4.69, 9.17) is 5.73 Å². The third-order valence-corrected chi connectivity index (χ3v) is 3.20. The zero-order valence-corrected chi connectivity index (χ0v) is 8.49. The van der Waals surface area contributed by atoms with Crippen LogP contribution in [0.1, 0.15) is 0 Å². The maximum Gasteiger partial charge on any atom is 0.284 e. The molecule has 0 aromatic carbocycles. The second-order valence-electron chi connectivity index (χ2n) is 3.17. The Balaban J connectivity index is 2.51. The Kier molecular flexibility index (Phi) is 1.69. The van der Waals surface area contributed by atoms with Crippen molar-refractivity contribution in [3.05, 3.63) is 16.6 Å². The highest BCUT2D eigenvalue weighted by atomic mass is 32.2. The Morgan fingerprint density at radius 2 is 2.33 bits per heavy atom. The summed E-state index contributed by atoms with van der Waals surface area (Å²) in [4.78, 5) is 23.4. The Hall–Kier alpha value is -1.63. The molecule has 1 aliphatic heterocycles. The topological polar surface area (TPSA) is 86.7 Å². The molecular weight excluding hydrogens is 214 g/mol. The van der Waals surface area contributed by atoms with E-state index in [1.54, 1.807) is 11.8 Å². The number of aromatic nitrogens is 4. The zero-order chi connectivity index (χ0) is 10.4. The number of hydrogen-bond donors (Lipinski definition) is 1. The molecule has 7 heteroatoms. The molecule has 0 fully saturated rings. The van der Waals surface area contributed by atoms with Crippen molar-refractivity contribution in [2.75, 3.05) is 11.5 Å². The van der Waals surface area contributed by atoms with Gasteiger partial charge in [-0.15, -0.1) is 0 Å². The monoisotopic (exact) mass is 221 g/mol. The van der Waals surface area contributed by atoms with E-state index in [9.17, 15) is 4.79 Å². The van der Waals surface area contributed by atoms with Crippen molar-refractivity contribution in [2.45, 2.75) is 11.7 Å². The molecule has 2 aromatic heterocycles. The van der Waals surface area contributed by atoms with Gasteiger partial charge in [-0.3, -0.25) is 4.79 Å². The van der Waals surface area contributed by atoms with Crippen molar-refractivity contribution < 1.29 is 0 Å². The molecule has 2 aromatic rings. The summed E-state index contributed by atoms with van der Waals surface area (Å²) < 4.78 is 1.90. The second kappa shape index (κ2) is 2.93. The van der Waals surface area contributed by atoms with Crippen LogP contribution in [0.3, 0.4) is 0 Å². The lowest BCUT2D eigenvalue weighted by Crippen LogP contribution is -2.15. The molecule has 0 atom stereocenters.